The van der Waals surface area contributed by atoms with Gasteiger partial charge in [-0.1, -0.05) is 109 Å². The number of nitrogens with zero attached hydrogens (tertiary/aromatic N) is 5. The standard InChI is InChI=1S/C43H29N5/c1-3-7-34(8-4-1)40-28-41(35-9-5-2-6-10-35)48-43(47-40)39-26-37(31-13-11-30(12-14-31)33-19-21-44-22-20-33)25-38(27-39)32-15-17-36(18-16-32)42-29-45-23-24-46-42/h1-29H. The van der Waals surface area contributed by atoms with Crippen molar-refractivity contribution in [2.24, 2.45) is 0 Å². The molecule has 226 valence electrons. The van der Waals surface area contributed by atoms with Crippen LogP contribution in [0.2, 0.25) is 0 Å². The number of pyridine rings is 1. The Kier molecular flexibility index (Phi) is 7.83. The quantitative estimate of drug-likeness (QED) is 0.178. The molecular weight excluding hydrogens is 587 g/mol. The molecule has 0 aliphatic carbocycles. The molecule has 48 heavy (non-hydrogen) atoms. The molecule has 0 spiro atoms. The summed E-state index contributed by atoms with van der Waals surface area (Å²) in [6.45, 7) is 0. The maximum absolute atomic E-state index is 5.14. The predicted molar refractivity (Wildman–Crippen MR) is 193 cm³/mol. The van der Waals surface area contributed by atoms with Gasteiger partial charge in [-0.05, 0) is 69.8 Å². The van der Waals surface area contributed by atoms with Crippen molar-refractivity contribution in [2.75, 3.05) is 0 Å². The van der Waals surface area contributed by atoms with E-state index >= 15 is 0 Å². The van der Waals surface area contributed by atoms with Crippen LogP contribution in [0.4, 0.5) is 0 Å². The van der Waals surface area contributed by atoms with Crippen molar-refractivity contribution in [1.29, 1.82) is 0 Å². The minimum Gasteiger partial charge on any atom is -0.265 e. The molecule has 0 amide bonds. The third-order valence-corrected chi connectivity index (χ3v) is 8.37. The topological polar surface area (TPSA) is 64.5 Å². The minimum atomic E-state index is 0.669. The smallest absolute Gasteiger partial charge is 0.160 e. The third kappa shape index (κ3) is 6.13. The van der Waals surface area contributed by atoms with Crippen molar-refractivity contribution in [1.82, 2.24) is 24.9 Å². The number of hydrogen-bond acceptors (Lipinski definition) is 5. The molecule has 0 aliphatic heterocycles. The van der Waals surface area contributed by atoms with Crippen LogP contribution in [0.1, 0.15) is 0 Å². The van der Waals surface area contributed by atoms with Crippen molar-refractivity contribution in [3.8, 4) is 78.5 Å². The summed E-state index contributed by atoms with van der Waals surface area (Å²) in [5.41, 5.74) is 13.2. The molecule has 3 heterocycles. The number of benzene rings is 5. The zero-order valence-corrected chi connectivity index (χ0v) is 26.0. The average Bonchev–Trinajstić information content (AvgIpc) is 3.19. The van der Waals surface area contributed by atoms with E-state index < -0.39 is 0 Å². The predicted octanol–water partition coefficient (Wildman–Crippen LogP) is 10.3. The number of rotatable bonds is 7. The van der Waals surface area contributed by atoms with Gasteiger partial charge < -0.3 is 0 Å². The first-order valence-corrected chi connectivity index (χ1v) is 15.8. The fraction of sp³-hybridized carbons (Fsp3) is 0. The first-order chi connectivity index (χ1) is 23.8. The lowest BCUT2D eigenvalue weighted by Gasteiger charge is -2.13. The second kappa shape index (κ2) is 13.0. The zero-order chi connectivity index (χ0) is 32.1. The summed E-state index contributed by atoms with van der Waals surface area (Å²) in [5.74, 6) is 0.669. The second-order valence-electron chi connectivity index (χ2n) is 11.5. The molecule has 8 aromatic rings. The van der Waals surface area contributed by atoms with Gasteiger partial charge in [0.2, 0.25) is 0 Å². The third-order valence-electron chi connectivity index (χ3n) is 8.37. The maximum Gasteiger partial charge on any atom is 0.160 e. The lowest BCUT2D eigenvalue weighted by Crippen LogP contribution is -1.97. The number of aromatic nitrogens is 5. The van der Waals surface area contributed by atoms with E-state index in [9.17, 15) is 0 Å². The van der Waals surface area contributed by atoms with Crippen LogP contribution in [-0.4, -0.2) is 24.9 Å². The molecule has 0 unspecified atom stereocenters. The highest BCUT2D eigenvalue weighted by atomic mass is 14.9. The summed E-state index contributed by atoms with van der Waals surface area (Å²) < 4.78 is 0. The van der Waals surface area contributed by atoms with Crippen molar-refractivity contribution in [2.45, 2.75) is 0 Å². The highest BCUT2D eigenvalue weighted by Gasteiger charge is 2.14. The van der Waals surface area contributed by atoms with Crippen molar-refractivity contribution >= 4 is 0 Å². The molecule has 3 aromatic heterocycles. The van der Waals surface area contributed by atoms with Gasteiger partial charge in [0, 0.05) is 47.0 Å². The first kappa shape index (κ1) is 28.9. The van der Waals surface area contributed by atoms with Gasteiger partial charge in [0.15, 0.2) is 5.82 Å². The Morgan fingerprint density at radius 3 is 1.27 bits per heavy atom. The van der Waals surface area contributed by atoms with E-state index in [1.165, 1.54) is 0 Å². The molecular formula is C43H29N5. The fourth-order valence-corrected chi connectivity index (χ4v) is 5.86. The van der Waals surface area contributed by atoms with Crippen LogP contribution >= 0.6 is 0 Å². The summed E-state index contributed by atoms with van der Waals surface area (Å²) in [4.78, 5) is 23.2. The van der Waals surface area contributed by atoms with Crippen LogP contribution < -0.4 is 0 Å². The molecule has 0 radical (unpaired) electrons. The van der Waals surface area contributed by atoms with E-state index in [4.69, 9.17) is 9.97 Å². The maximum atomic E-state index is 5.14. The van der Waals surface area contributed by atoms with Gasteiger partial charge in [-0.3, -0.25) is 15.0 Å². The second-order valence-corrected chi connectivity index (χ2v) is 11.5. The first-order valence-electron chi connectivity index (χ1n) is 15.8. The molecule has 0 bridgehead atoms. The largest absolute Gasteiger partial charge is 0.265 e. The molecule has 0 aliphatic rings. The zero-order valence-electron chi connectivity index (χ0n) is 26.0. The Morgan fingerprint density at radius 1 is 0.292 bits per heavy atom. The summed E-state index contributed by atoms with van der Waals surface area (Å²) in [5, 5.41) is 0. The van der Waals surface area contributed by atoms with Gasteiger partial charge in [0.1, 0.15) is 0 Å². The molecule has 0 saturated heterocycles. The molecule has 5 nitrogen and oxygen atoms in total. The molecule has 5 aromatic carbocycles. The van der Waals surface area contributed by atoms with Gasteiger partial charge in [-0.15, -0.1) is 0 Å². The van der Waals surface area contributed by atoms with Crippen LogP contribution in [-0.2, 0) is 0 Å². The Balaban J connectivity index is 1.28. The summed E-state index contributed by atoms with van der Waals surface area (Å²) in [6, 6.07) is 50.4. The Labute approximate surface area is 279 Å². The molecule has 0 fully saturated rings. The fourth-order valence-electron chi connectivity index (χ4n) is 5.86. The number of hydrogen-bond donors (Lipinski definition) is 0. The normalized spacial score (nSPS) is 10.9. The van der Waals surface area contributed by atoms with Gasteiger partial charge in [0.05, 0.1) is 23.3 Å². The molecule has 8 rings (SSSR count). The highest BCUT2D eigenvalue weighted by molar-refractivity contribution is 5.82. The lowest BCUT2D eigenvalue weighted by atomic mass is 9.94. The van der Waals surface area contributed by atoms with E-state index in [0.717, 1.165) is 72.7 Å². The van der Waals surface area contributed by atoms with Crippen LogP contribution in [0.5, 0.6) is 0 Å². The van der Waals surface area contributed by atoms with Crippen molar-refractivity contribution in [3.63, 3.8) is 0 Å². The highest BCUT2D eigenvalue weighted by Crippen LogP contribution is 2.35. The Morgan fingerprint density at radius 2 is 0.750 bits per heavy atom. The molecule has 0 N–H and O–H groups in total. The van der Waals surface area contributed by atoms with Crippen LogP contribution in [0.3, 0.4) is 0 Å². The summed E-state index contributed by atoms with van der Waals surface area (Å²) in [6.07, 6.45) is 8.83. The van der Waals surface area contributed by atoms with Crippen LogP contribution in [0, 0.1) is 0 Å². The monoisotopic (exact) mass is 615 g/mol. The van der Waals surface area contributed by atoms with Gasteiger partial charge in [0.25, 0.3) is 0 Å². The molecule has 5 heteroatoms. The van der Waals surface area contributed by atoms with E-state index in [1.54, 1.807) is 18.6 Å². The molecule has 0 atom stereocenters. The van der Waals surface area contributed by atoms with Crippen LogP contribution in [0.15, 0.2) is 177 Å². The van der Waals surface area contributed by atoms with Crippen molar-refractivity contribution in [3.05, 3.63) is 177 Å². The summed E-state index contributed by atoms with van der Waals surface area (Å²) in [7, 11) is 0. The van der Waals surface area contributed by atoms with Crippen molar-refractivity contribution < 1.29 is 0 Å². The van der Waals surface area contributed by atoms with Gasteiger partial charge in [-0.25, -0.2) is 9.97 Å². The van der Waals surface area contributed by atoms with E-state index in [1.807, 2.05) is 60.9 Å². The van der Waals surface area contributed by atoms with E-state index in [2.05, 4.69) is 112 Å². The SMILES string of the molecule is c1ccc(-c2cc(-c3ccccc3)nc(-c3cc(-c4ccc(-c5ccncc5)cc4)cc(-c4ccc(-c5cnccn5)cc4)c3)n2)cc1. The van der Waals surface area contributed by atoms with Gasteiger partial charge >= 0.3 is 0 Å². The van der Waals surface area contributed by atoms with E-state index in [0.29, 0.717) is 5.82 Å². The van der Waals surface area contributed by atoms with E-state index in [-0.39, 0.29) is 0 Å². The Hall–Kier alpha value is -6.59. The summed E-state index contributed by atoms with van der Waals surface area (Å²) >= 11 is 0. The molecule has 0 saturated carbocycles. The average molecular weight is 616 g/mol. The van der Waals surface area contributed by atoms with Gasteiger partial charge in [-0.2, -0.15) is 0 Å². The Bertz CT molecular complexity index is 2130. The van der Waals surface area contributed by atoms with Crippen LogP contribution in [0.25, 0.3) is 78.5 Å². The minimum absolute atomic E-state index is 0.669. The lowest BCUT2D eigenvalue weighted by molar-refractivity contribution is 1.18.